The first-order valence-corrected chi connectivity index (χ1v) is 17.8. The number of hydrogen-bond acceptors (Lipinski definition) is 7. The summed E-state index contributed by atoms with van der Waals surface area (Å²) in [6.45, 7) is 7.17. The number of aromatic nitrogens is 3. The minimum Gasteiger partial charge on any atom is -0.355 e. The van der Waals surface area contributed by atoms with Crippen LogP contribution in [0.25, 0.3) is 21.8 Å². The molecule has 3 aliphatic carbocycles. The molecule has 2 aliphatic heterocycles. The monoisotopic (exact) mass is 678 g/mol. The first-order chi connectivity index (χ1) is 22.7. The number of halogens is 3. The Morgan fingerprint density at radius 3 is 2.44 bits per heavy atom. The summed E-state index contributed by atoms with van der Waals surface area (Å²) in [5.41, 5.74) is 4.64. The van der Waals surface area contributed by atoms with E-state index in [1.807, 2.05) is 6.07 Å². The van der Waals surface area contributed by atoms with E-state index in [1.54, 1.807) is 12.1 Å². The molecule has 3 saturated carbocycles. The largest absolute Gasteiger partial charge is 0.393 e. The van der Waals surface area contributed by atoms with Crippen molar-refractivity contribution in [3.8, 4) is 6.07 Å². The van der Waals surface area contributed by atoms with Crippen molar-refractivity contribution in [3.05, 3.63) is 65.1 Å². The van der Waals surface area contributed by atoms with Gasteiger partial charge in [0.25, 0.3) is 10.2 Å². The van der Waals surface area contributed by atoms with Gasteiger partial charge in [0.05, 0.1) is 11.9 Å². The third-order valence-electron chi connectivity index (χ3n) is 11.3. The van der Waals surface area contributed by atoms with Gasteiger partial charge in [0.1, 0.15) is 23.9 Å². The molecule has 252 valence electrons. The van der Waals surface area contributed by atoms with Gasteiger partial charge in [0, 0.05) is 53.4 Å². The first-order valence-electron chi connectivity index (χ1n) is 16.3. The molecule has 14 heteroatoms. The molecule has 1 spiro atoms. The molecule has 0 amide bonds. The van der Waals surface area contributed by atoms with E-state index >= 15 is 0 Å². The van der Waals surface area contributed by atoms with Gasteiger partial charge in [-0.2, -0.15) is 31.6 Å². The fraction of sp³-hybridized carbons (Fsp3) is 0.500. The zero-order valence-corrected chi connectivity index (χ0v) is 27.5. The van der Waals surface area contributed by atoms with Crippen LogP contribution in [-0.4, -0.2) is 65.7 Å². The number of nitrogens with two attached hydrogens (primary N) is 1. The van der Waals surface area contributed by atoms with Crippen molar-refractivity contribution in [1.82, 2.24) is 24.2 Å². The maximum atomic E-state index is 13.0. The van der Waals surface area contributed by atoms with Gasteiger partial charge < -0.3 is 9.47 Å². The van der Waals surface area contributed by atoms with Crippen molar-refractivity contribution in [1.29, 1.82) is 5.26 Å². The van der Waals surface area contributed by atoms with E-state index in [4.69, 9.17) is 5.14 Å². The molecule has 10 nitrogen and oxygen atoms in total. The molecule has 48 heavy (non-hydrogen) atoms. The fourth-order valence-corrected chi connectivity index (χ4v) is 10.0. The summed E-state index contributed by atoms with van der Waals surface area (Å²) in [6, 6.07) is 13.4. The van der Waals surface area contributed by atoms with Gasteiger partial charge in [-0.05, 0) is 98.5 Å². The molecule has 0 radical (unpaired) electrons. The smallest absolute Gasteiger partial charge is 0.355 e. The molecule has 0 unspecified atom stereocenters. The number of likely N-dealkylation sites (tertiary alicyclic amines) is 1. The molecule has 5 fully saturated rings. The molecule has 4 aromatic rings. The Hall–Kier alpha value is -3.77. The predicted octanol–water partition coefficient (Wildman–Crippen LogP) is 4.69. The molecule has 9 rings (SSSR count). The normalized spacial score (nSPS) is 25.1. The maximum Gasteiger partial charge on any atom is 0.393 e. The van der Waals surface area contributed by atoms with Crippen LogP contribution in [0.4, 0.5) is 19.0 Å². The van der Waals surface area contributed by atoms with Crippen molar-refractivity contribution in [2.75, 3.05) is 31.1 Å². The Balaban J connectivity index is 0.913. The summed E-state index contributed by atoms with van der Waals surface area (Å²) in [5.74, 6) is 0.707. The number of benzene rings is 2. The lowest BCUT2D eigenvalue weighted by Crippen LogP contribution is -2.76. The Morgan fingerprint density at radius 1 is 1.04 bits per heavy atom. The number of nitrogens with one attached hydrogen (secondary N) is 1. The fourth-order valence-electron chi connectivity index (χ4n) is 9.21. The van der Waals surface area contributed by atoms with Crippen LogP contribution >= 0.6 is 0 Å². The van der Waals surface area contributed by atoms with E-state index in [0.29, 0.717) is 29.0 Å². The molecule has 2 aromatic heterocycles. The van der Waals surface area contributed by atoms with Gasteiger partial charge in [-0.15, -0.1) is 0 Å². The zero-order chi connectivity index (χ0) is 33.7. The minimum absolute atomic E-state index is 0.0146. The predicted molar refractivity (Wildman–Crippen MR) is 175 cm³/mol. The third-order valence-corrected chi connectivity index (χ3v) is 12.0. The molecule has 0 atom stereocenters. The lowest BCUT2D eigenvalue weighted by atomic mass is 9.40. The quantitative estimate of drug-likeness (QED) is 0.276. The van der Waals surface area contributed by atoms with E-state index in [-0.39, 0.29) is 16.4 Å². The Bertz CT molecular complexity index is 2090. The van der Waals surface area contributed by atoms with Crippen molar-refractivity contribution < 1.29 is 21.6 Å². The summed E-state index contributed by atoms with van der Waals surface area (Å²) in [7, 11) is -3.74. The topological polar surface area (TPSA) is 133 Å². The molecule has 3 N–H and O–H groups in total. The zero-order valence-electron chi connectivity index (χ0n) is 26.6. The minimum atomic E-state index is -4.27. The van der Waals surface area contributed by atoms with Gasteiger partial charge in [-0.1, -0.05) is 12.1 Å². The molecule has 2 aromatic carbocycles. The van der Waals surface area contributed by atoms with Crippen molar-refractivity contribution in [3.63, 3.8) is 0 Å². The van der Waals surface area contributed by atoms with Crippen LogP contribution in [0.2, 0.25) is 0 Å². The first kappa shape index (κ1) is 31.5. The summed E-state index contributed by atoms with van der Waals surface area (Å²) < 4.78 is 66.9. The number of nitriles is 1. The number of nitrogens with zero attached hydrogens (tertiary/aromatic N) is 6. The lowest BCUT2D eigenvalue weighted by Gasteiger charge is -2.70. The average Bonchev–Trinajstić information content (AvgIpc) is 3.32. The van der Waals surface area contributed by atoms with E-state index < -0.39 is 28.3 Å². The van der Waals surface area contributed by atoms with Crippen LogP contribution in [0.15, 0.2) is 42.7 Å². The van der Waals surface area contributed by atoms with Crippen LogP contribution in [-0.2, 0) is 29.7 Å². The Kier molecular flexibility index (Phi) is 6.96. The maximum absolute atomic E-state index is 13.0. The van der Waals surface area contributed by atoms with E-state index in [9.17, 15) is 26.9 Å². The second kappa shape index (κ2) is 10.6. The molecule has 5 aliphatic rings. The second-order valence-electron chi connectivity index (χ2n) is 14.9. The number of aryl methyl sites for hydroxylation is 1. The standard InChI is InChI=1S/C34H37F3N8O2S/c1-22-24(3-5-29-26(22)11-25(13-38)45(29)20-32-15-33(16-32,17-32)42-48(39,46)47)14-43-8-6-31(7-9-43)18-44(19-31)30-27-10-23(12-34(35,36)37)2-4-28(27)40-21-41-30/h2-5,10-11,21,42H,6-9,12,14-20H2,1H3,(H2,39,46,47). The highest BCUT2D eigenvalue weighted by Crippen LogP contribution is 2.68. The van der Waals surface area contributed by atoms with Gasteiger partial charge in [-0.25, -0.2) is 15.1 Å². The van der Waals surface area contributed by atoms with Crippen LogP contribution < -0.4 is 14.8 Å². The summed E-state index contributed by atoms with van der Waals surface area (Å²) in [6.07, 6.45) is 0.492. The van der Waals surface area contributed by atoms with Crippen LogP contribution in [0.3, 0.4) is 0 Å². The lowest BCUT2D eigenvalue weighted by molar-refractivity contribution is -0.151. The number of anilines is 1. The molecule has 4 heterocycles. The highest BCUT2D eigenvalue weighted by molar-refractivity contribution is 7.87. The summed E-state index contributed by atoms with van der Waals surface area (Å²) in [5, 5.41) is 16.9. The number of fused-ring (bicyclic) bond motifs is 2. The van der Waals surface area contributed by atoms with Gasteiger partial charge in [0.2, 0.25) is 0 Å². The van der Waals surface area contributed by atoms with E-state index in [0.717, 1.165) is 75.7 Å². The van der Waals surface area contributed by atoms with Crippen molar-refractivity contribution >= 4 is 37.8 Å². The highest BCUT2D eigenvalue weighted by Gasteiger charge is 2.68. The number of hydrogen-bond donors (Lipinski definition) is 2. The molecular formula is C34H37F3N8O2S. The molecule has 2 bridgehead atoms. The van der Waals surface area contributed by atoms with Crippen molar-refractivity contribution in [2.45, 2.75) is 70.3 Å². The number of alkyl halides is 3. The molecule has 2 saturated heterocycles. The average molecular weight is 679 g/mol. The van der Waals surface area contributed by atoms with Crippen LogP contribution in [0.5, 0.6) is 0 Å². The highest BCUT2D eigenvalue weighted by atomic mass is 32.2. The third kappa shape index (κ3) is 5.50. The van der Waals surface area contributed by atoms with E-state index in [1.165, 1.54) is 23.5 Å². The number of piperidine rings is 1. The van der Waals surface area contributed by atoms with Crippen LogP contribution in [0, 0.1) is 29.1 Å². The van der Waals surface area contributed by atoms with Gasteiger partial charge in [-0.3, -0.25) is 4.90 Å². The SMILES string of the molecule is Cc1c(CN2CCC3(CC2)CN(c2ncnc4ccc(CC(F)(F)F)cc24)C3)ccc2c1cc(C#N)n2CC12CC(NS(N)(=O)=O)(C1)C2. The Morgan fingerprint density at radius 2 is 1.77 bits per heavy atom. The molecular weight excluding hydrogens is 641 g/mol. The second-order valence-corrected chi connectivity index (χ2v) is 16.2. The van der Waals surface area contributed by atoms with Crippen molar-refractivity contribution in [2.24, 2.45) is 16.0 Å². The van der Waals surface area contributed by atoms with Gasteiger partial charge >= 0.3 is 6.18 Å². The van der Waals surface area contributed by atoms with Gasteiger partial charge in [0.15, 0.2) is 0 Å². The number of rotatable bonds is 8. The Labute approximate surface area is 276 Å². The summed E-state index contributed by atoms with van der Waals surface area (Å²) >= 11 is 0. The summed E-state index contributed by atoms with van der Waals surface area (Å²) in [4.78, 5) is 13.4. The van der Waals surface area contributed by atoms with E-state index in [2.05, 4.69) is 54.2 Å². The van der Waals surface area contributed by atoms with Crippen LogP contribution in [0.1, 0.15) is 54.5 Å².